The Kier molecular flexibility index (Phi) is 9.00. The molecule has 2 aliphatic rings. The van der Waals surface area contributed by atoms with E-state index in [1.54, 1.807) is 17.0 Å². The van der Waals surface area contributed by atoms with Gasteiger partial charge in [-0.25, -0.2) is 13.1 Å². The molecule has 0 aliphatic carbocycles. The monoisotopic (exact) mass is 550 g/mol. The Bertz CT molecular complexity index is 1200. The van der Waals surface area contributed by atoms with Gasteiger partial charge in [0.25, 0.3) is 0 Å². The lowest BCUT2D eigenvalue weighted by molar-refractivity contribution is -0.138. The van der Waals surface area contributed by atoms with Crippen molar-refractivity contribution >= 4 is 44.7 Å². The second-order valence-electron chi connectivity index (χ2n) is 9.24. The molecule has 1 N–H and O–H groups in total. The largest absolute Gasteiger partial charge is 0.381 e. The average molecular weight is 551 g/mol. The first-order valence-electron chi connectivity index (χ1n) is 12.1. The molecule has 2 fully saturated rings. The Labute approximate surface area is 221 Å². The van der Waals surface area contributed by atoms with Gasteiger partial charge >= 0.3 is 0 Å². The first-order chi connectivity index (χ1) is 17.2. The number of rotatable bonds is 10. The lowest BCUT2D eigenvalue weighted by Crippen LogP contribution is -2.50. The summed E-state index contributed by atoms with van der Waals surface area (Å²) >= 11 is 7.27. The first kappa shape index (κ1) is 27.0. The number of nitrogens with zero attached hydrogens (tertiary/aromatic N) is 1. The Hall–Kier alpha value is -2.04. The Morgan fingerprint density at radius 2 is 1.97 bits per heavy atom. The molecule has 36 heavy (non-hydrogen) atoms. The standard InChI is InChI=1S/C26H31ClN2O5S2/c1-18-10-14-34-15-11-21(18)25(30)23(17-19-5-3-2-4-6-19)29-13-9-22(26(29)31)28-36(32,33)16-12-20-7-8-24(27)35-20/h2-8,21-23,28H,1,9-17H2/t21?,22-,23-/m0/s1. The van der Waals surface area contributed by atoms with Crippen molar-refractivity contribution in [3.05, 3.63) is 69.4 Å². The number of sulfonamides is 1. The van der Waals surface area contributed by atoms with E-state index in [4.69, 9.17) is 16.3 Å². The van der Waals surface area contributed by atoms with E-state index in [-0.39, 0.29) is 23.4 Å². The van der Waals surface area contributed by atoms with Crippen molar-refractivity contribution in [1.29, 1.82) is 0 Å². The molecular formula is C26H31ClN2O5S2. The fourth-order valence-corrected chi connectivity index (χ4v) is 7.25. The number of hydrogen-bond donors (Lipinski definition) is 1. The number of amides is 1. The third-order valence-electron chi connectivity index (χ3n) is 6.74. The number of benzene rings is 1. The molecular weight excluding hydrogens is 520 g/mol. The first-order valence-corrected chi connectivity index (χ1v) is 15.0. The molecule has 1 unspecified atom stereocenters. The molecule has 1 aromatic carbocycles. The van der Waals surface area contributed by atoms with Crippen LogP contribution in [0.5, 0.6) is 0 Å². The van der Waals surface area contributed by atoms with Crippen LogP contribution in [-0.4, -0.2) is 62.6 Å². The number of likely N-dealkylation sites (tertiary alicyclic amines) is 1. The molecule has 7 nitrogen and oxygen atoms in total. The van der Waals surface area contributed by atoms with Crippen molar-refractivity contribution < 1.29 is 22.7 Å². The van der Waals surface area contributed by atoms with Crippen molar-refractivity contribution in [1.82, 2.24) is 9.62 Å². The number of carbonyl (C=O) groups is 2. The molecule has 3 atom stereocenters. The van der Waals surface area contributed by atoms with Crippen LogP contribution in [0.25, 0.3) is 0 Å². The summed E-state index contributed by atoms with van der Waals surface area (Å²) in [5.41, 5.74) is 1.77. The van der Waals surface area contributed by atoms with E-state index < -0.39 is 22.1 Å². The molecule has 0 saturated carbocycles. The minimum absolute atomic E-state index is 0.0548. The summed E-state index contributed by atoms with van der Waals surface area (Å²) in [4.78, 5) is 29.6. The fraction of sp³-hybridized carbons (Fsp3) is 0.462. The number of carbonyl (C=O) groups excluding carboxylic acids is 2. The van der Waals surface area contributed by atoms with Gasteiger partial charge in [-0.2, -0.15) is 0 Å². The highest BCUT2D eigenvalue weighted by Gasteiger charge is 2.42. The van der Waals surface area contributed by atoms with E-state index in [1.165, 1.54) is 11.3 Å². The van der Waals surface area contributed by atoms with Crippen LogP contribution < -0.4 is 4.72 Å². The summed E-state index contributed by atoms with van der Waals surface area (Å²) in [5, 5.41) is 0. The van der Waals surface area contributed by atoms with Crippen LogP contribution in [0.4, 0.5) is 0 Å². The van der Waals surface area contributed by atoms with E-state index in [9.17, 15) is 18.0 Å². The number of hydrogen-bond acceptors (Lipinski definition) is 6. The van der Waals surface area contributed by atoms with E-state index in [0.29, 0.717) is 56.2 Å². The molecule has 3 heterocycles. The van der Waals surface area contributed by atoms with E-state index in [2.05, 4.69) is 11.3 Å². The number of thiophene rings is 1. The maximum absolute atomic E-state index is 13.8. The summed E-state index contributed by atoms with van der Waals surface area (Å²) in [6, 6.07) is 11.5. The Morgan fingerprint density at radius 3 is 2.69 bits per heavy atom. The molecule has 0 spiro atoms. The van der Waals surface area contributed by atoms with Crippen LogP contribution in [0.1, 0.15) is 29.7 Å². The topological polar surface area (TPSA) is 92.8 Å². The van der Waals surface area contributed by atoms with Gasteiger partial charge in [0.2, 0.25) is 15.9 Å². The van der Waals surface area contributed by atoms with E-state index >= 15 is 0 Å². The SMILES string of the molecule is C=C1CCOCCC1C(=O)[C@H](Cc1ccccc1)N1CC[C@H](NS(=O)(=O)CCc2ccc(Cl)s2)C1=O. The summed E-state index contributed by atoms with van der Waals surface area (Å²) in [6.45, 7) is 5.44. The van der Waals surface area contributed by atoms with E-state index in [1.807, 2.05) is 30.3 Å². The van der Waals surface area contributed by atoms with Gasteiger partial charge < -0.3 is 9.64 Å². The quantitative estimate of drug-likeness (QED) is 0.456. The van der Waals surface area contributed by atoms with Gasteiger partial charge in [0.15, 0.2) is 5.78 Å². The number of ether oxygens (including phenoxy) is 1. The van der Waals surface area contributed by atoms with Gasteiger partial charge in [-0.3, -0.25) is 9.59 Å². The lowest BCUT2D eigenvalue weighted by atomic mass is 9.85. The molecule has 0 radical (unpaired) electrons. The maximum atomic E-state index is 13.8. The van der Waals surface area contributed by atoms with Crippen LogP contribution >= 0.6 is 22.9 Å². The average Bonchev–Trinajstić information content (AvgIpc) is 3.35. The van der Waals surface area contributed by atoms with Gasteiger partial charge in [-0.1, -0.05) is 54.1 Å². The molecule has 10 heteroatoms. The van der Waals surface area contributed by atoms with Crippen molar-refractivity contribution in [2.45, 2.75) is 44.2 Å². The molecule has 2 aliphatic heterocycles. The summed E-state index contributed by atoms with van der Waals surface area (Å²) < 4.78 is 34.2. The van der Waals surface area contributed by atoms with Crippen LogP contribution in [0.3, 0.4) is 0 Å². The molecule has 2 aromatic rings. The van der Waals surface area contributed by atoms with Gasteiger partial charge in [0, 0.05) is 23.9 Å². The molecule has 0 bridgehead atoms. The van der Waals surface area contributed by atoms with Gasteiger partial charge in [-0.15, -0.1) is 11.3 Å². The third-order valence-corrected chi connectivity index (χ3v) is 9.42. The van der Waals surface area contributed by atoms with Crippen molar-refractivity contribution in [3.8, 4) is 0 Å². The fourth-order valence-electron chi connectivity index (χ4n) is 4.78. The zero-order valence-electron chi connectivity index (χ0n) is 20.0. The second-order valence-corrected chi connectivity index (χ2v) is 12.9. The summed E-state index contributed by atoms with van der Waals surface area (Å²) in [5.74, 6) is -0.937. The zero-order chi connectivity index (χ0) is 25.7. The summed E-state index contributed by atoms with van der Waals surface area (Å²) in [6.07, 6.45) is 2.15. The van der Waals surface area contributed by atoms with Crippen LogP contribution in [0, 0.1) is 5.92 Å². The van der Waals surface area contributed by atoms with Crippen molar-refractivity contribution in [3.63, 3.8) is 0 Å². The molecule has 194 valence electrons. The number of Topliss-reactive ketones (excluding diaryl/α,β-unsaturated/α-hetero) is 1. The minimum Gasteiger partial charge on any atom is -0.381 e. The smallest absolute Gasteiger partial charge is 0.241 e. The van der Waals surface area contributed by atoms with Gasteiger partial charge in [0.1, 0.15) is 6.04 Å². The highest BCUT2D eigenvalue weighted by Crippen LogP contribution is 2.28. The second kappa shape index (κ2) is 12.0. The minimum atomic E-state index is -3.70. The molecule has 2 saturated heterocycles. The van der Waals surface area contributed by atoms with Crippen molar-refractivity contribution in [2.75, 3.05) is 25.5 Å². The normalized spacial score (nSPS) is 22.0. The highest BCUT2D eigenvalue weighted by molar-refractivity contribution is 7.89. The number of ketones is 1. The zero-order valence-corrected chi connectivity index (χ0v) is 22.4. The molecule has 4 rings (SSSR count). The maximum Gasteiger partial charge on any atom is 0.241 e. The van der Waals surface area contributed by atoms with Gasteiger partial charge in [0.05, 0.1) is 22.7 Å². The van der Waals surface area contributed by atoms with E-state index in [0.717, 1.165) is 16.0 Å². The molecule has 1 aromatic heterocycles. The van der Waals surface area contributed by atoms with Crippen LogP contribution in [0.15, 0.2) is 54.6 Å². The number of nitrogens with one attached hydrogen (secondary N) is 1. The predicted molar refractivity (Wildman–Crippen MR) is 142 cm³/mol. The van der Waals surface area contributed by atoms with Crippen LogP contribution in [-0.2, 0) is 37.2 Å². The van der Waals surface area contributed by atoms with Gasteiger partial charge in [-0.05, 0) is 49.8 Å². The Balaban J connectivity index is 1.48. The number of halogens is 1. The third kappa shape index (κ3) is 6.83. The predicted octanol–water partition coefficient (Wildman–Crippen LogP) is 3.63. The number of aryl methyl sites for hydroxylation is 1. The lowest BCUT2D eigenvalue weighted by Gasteiger charge is -2.30. The van der Waals surface area contributed by atoms with Crippen LogP contribution in [0.2, 0.25) is 4.34 Å². The van der Waals surface area contributed by atoms with Crippen molar-refractivity contribution in [2.24, 2.45) is 5.92 Å². The Morgan fingerprint density at radius 1 is 1.19 bits per heavy atom. The summed E-state index contributed by atoms with van der Waals surface area (Å²) in [7, 11) is -3.70. The highest BCUT2D eigenvalue weighted by atomic mass is 35.5. The molecule has 1 amide bonds.